The van der Waals surface area contributed by atoms with Crippen LogP contribution in [-0.4, -0.2) is 45.1 Å². The van der Waals surface area contributed by atoms with Gasteiger partial charge in [0.15, 0.2) is 17.2 Å². The van der Waals surface area contributed by atoms with Crippen molar-refractivity contribution in [3.05, 3.63) is 64.7 Å². The molecule has 0 saturated carbocycles. The fraction of sp³-hybridized carbons (Fsp3) is 0.483. The van der Waals surface area contributed by atoms with Crippen LogP contribution in [0.4, 0.5) is 0 Å². The zero-order chi connectivity index (χ0) is 28.8. The minimum absolute atomic E-state index is 0.0590. The predicted molar refractivity (Wildman–Crippen MR) is 153 cm³/mol. The van der Waals surface area contributed by atoms with Gasteiger partial charge >= 0.3 is 16.1 Å². The molecule has 216 valence electrons. The fourth-order valence-electron chi connectivity index (χ4n) is 3.61. The van der Waals surface area contributed by atoms with E-state index < -0.39 is 22.2 Å². The van der Waals surface area contributed by atoms with Crippen LogP contribution in [0, 0.1) is 0 Å². The second kappa shape index (κ2) is 16.4. The van der Waals surface area contributed by atoms with E-state index in [1.807, 2.05) is 26.0 Å². The van der Waals surface area contributed by atoms with Gasteiger partial charge in [-0.1, -0.05) is 57.0 Å². The molecule has 2 rings (SSSR count). The molecule has 0 bridgehead atoms. The highest BCUT2D eigenvalue weighted by atomic mass is 35.5. The third-order valence-corrected chi connectivity index (χ3v) is 7.32. The van der Waals surface area contributed by atoms with Crippen molar-refractivity contribution < 1.29 is 36.7 Å². The van der Waals surface area contributed by atoms with Crippen LogP contribution in [0.2, 0.25) is 5.02 Å². The number of unbranched alkanes of at least 4 members (excludes halogenated alkanes) is 2. The van der Waals surface area contributed by atoms with E-state index in [2.05, 4.69) is 13.5 Å². The molecular weight excluding hydrogens is 544 g/mol. The summed E-state index contributed by atoms with van der Waals surface area (Å²) in [5, 5.41) is 9.46. The summed E-state index contributed by atoms with van der Waals surface area (Å²) in [6, 6.07) is 10.4. The third kappa shape index (κ3) is 11.1. The number of ether oxygens (including phenoxy) is 3. The first-order chi connectivity index (χ1) is 18.6. The Balaban J connectivity index is 2.12. The van der Waals surface area contributed by atoms with Crippen molar-refractivity contribution in [2.24, 2.45) is 0 Å². The van der Waals surface area contributed by atoms with E-state index in [4.69, 9.17) is 30.0 Å². The topological polar surface area (TPSA) is 108 Å². The minimum Gasteiger partial charge on any atom is -0.490 e. The van der Waals surface area contributed by atoms with Crippen LogP contribution in [0.25, 0.3) is 0 Å². The monoisotopic (exact) mass is 582 g/mol. The normalized spacial score (nSPS) is 12.1. The Labute approximate surface area is 237 Å². The quantitative estimate of drug-likeness (QED) is 0.110. The number of benzene rings is 2. The number of aliphatic carboxylic acids is 1. The molecule has 0 spiro atoms. The third-order valence-electron chi connectivity index (χ3n) is 5.81. The summed E-state index contributed by atoms with van der Waals surface area (Å²) in [6.45, 7) is 10.7. The SMILES string of the molecule is C=C(CC(OCC)c1ccc(OCCc2ccc(OS(=O)(=O)CCCC)c(Cl)c2)c(OCCCC)c1)C(=O)O. The maximum absolute atomic E-state index is 12.1. The molecule has 2 aromatic carbocycles. The van der Waals surface area contributed by atoms with Crippen molar-refractivity contribution in [2.45, 2.75) is 65.4 Å². The van der Waals surface area contributed by atoms with E-state index in [9.17, 15) is 18.3 Å². The van der Waals surface area contributed by atoms with Crippen molar-refractivity contribution in [3.8, 4) is 17.2 Å². The van der Waals surface area contributed by atoms with Crippen molar-refractivity contribution in [1.82, 2.24) is 0 Å². The molecule has 1 N–H and O–H groups in total. The number of hydrogen-bond acceptors (Lipinski definition) is 7. The molecule has 0 fully saturated rings. The Kier molecular flexibility index (Phi) is 13.6. The van der Waals surface area contributed by atoms with E-state index in [1.165, 1.54) is 0 Å². The highest BCUT2D eigenvalue weighted by molar-refractivity contribution is 7.87. The van der Waals surface area contributed by atoms with Gasteiger partial charge in [-0.25, -0.2) is 4.79 Å². The molecule has 0 saturated heterocycles. The van der Waals surface area contributed by atoms with Gasteiger partial charge in [-0.05, 0) is 55.2 Å². The predicted octanol–water partition coefficient (Wildman–Crippen LogP) is 6.76. The van der Waals surface area contributed by atoms with Crippen molar-refractivity contribution in [1.29, 1.82) is 0 Å². The smallest absolute Gasteiger partial charge is 0.331 e. The summed E-state index contributed by atoms with van der Waals surface area (Å²) in [5.74, 6) is 0.0862. The molecule has 1 unspecified atom stereocenters. The largest absolute Gasteiger partial charge is 0.490 e. The number of carboxylic acids is 1. The average Bonchev–Trinajstić information content (AvgIpc) is 2.89. The summed E-state index contributed by atoms with van der Waals surface area (Å²) < 4.78 is 47.2. The summed E-state index contributed by atoms with van der Waals surface area (Å²) in [7, 11) is -3.69. The van der Waals surface area contributed by atoms with Gasteiger partial charge in [-0.15, -0.1) is 0 Å². The maximum Gasteiger partial charge on any atom is 0.331 e. The number of rotatable bonds is 19. The minimum atomic E-state index is -3.69. The Morgan fingerprint density at radius 1 is 0.974 bits per heavy atom. The van der Waals surface area contributed by atoms with Gasteiger partial charge in [-0.3, -0.25) is 0 Å². The Hall–Kier alpha value is -2.75. The lowest BCUT2D eigenvalue weighted by molar-refractivity contribution is -0.133. The van der Waals surface area contributed by atoms with Gasteiger partial charge in [0.1, 0.15) is 0 Å². The molecule has 2 aromatic rings. The van der Waals surface area contributed by atoms with Gasteiger partial charge in [0.2, 0.25) is 0 Å². The molecular formula is C29H39ClO8S. The van der Waals surface area contributed by atoms with Crippen LogP contribution in [0.1, 0.15) is 70.1 Å². The lowest BCUT2D eigenvalue weighted by atomic mass is 10.0. The average molecular weight is 583 g/mol. The van der Waals surface area contributed by atoms with E-state index in [0.717, 1.165) is 30.4 Å². The van der Waals surface area contributed by atoms with Crippen molar-refractivity contribution in [3.63, 3.8) is 0 Å². The second-order valence-corrected chi connectivity index (χ2v) is 11.1. The number of carboxylic acid groups (broad SMARTS) is 1. The number of hydrogen-bond donors (Lipinski definition) is 1. The lowest BCUT2D eigenvalue weighted by Crippen LogP contribution is -2.14. The maximum atomic E-state index is 12.1. The van der Waals surface area contributed by atoms with Crippen molar-refractivity contribution >= 4 is 27.7 Å². The molecule has 0 amide bonds. The fourth-order valence-corrected chi connectivity index (χ4v) is 5.05. The van der Waals surface area contributed by atoms with Gasteiger partial charge in [0.05, 0.1) is 30.1 Å². The van der Waals surface area contributed by atoms with E-state index in [1.54, 1.807) is 24.3 Å². The lowest BCUT2D eigenvalue weighted by Gasteiger charge is -2.20. The Bertz CT molecular complexity index is 1200. The molecule has 10 heteroatoms. The summed E-state index contributed by atoms with van der Waals surface area (Å²) in [4.78, 5) is 11.3. The molecule has 8 nitrogen and oxygen atoms in total. The Morgan fingerprint density at radius 2 is 1.67 bits per heavy atom. The van der Waals surface area contributed by atoms with E-state index in [0.29, 0.717) is 44.2 Å². The molecule has 0 aliphatic heterocycles. The van der Waals surface area contributed by atoms with Gasteiger partial charge in [0, 0.05) is 25.0 Å². The molecule has 0 aromatic heterocycles. The summed E-state index contributed by atoms with van der Waals surface area (Å²) in [5.41, 5.74) is 1.69. The molecule has 39 heavy (non-hydrogen) atoms. The van der Waals surface area contributed by atoms with Gasteiger partial charge < -0.3 is 23.5 Å². The van der Waals surface area contributed by atoms with Gasteiger partial charge in [0.25, 0.3) is 0 Å². The molecule has 0 heterocycles. The van der Waals surface area contributed by atoms with Crippen LogP contribution in [0.15, 0.2) is 48.6 Å². The van der Waals surface area contributed by atoms with Crippen LogP contribution < -0.4 is 13.7 Å². The number of halogens is 1. The highest BCUT2D eigenvalue weighted by Crippen LogP contribution is 2.34. The van der Waals surface area contributed by atoms with Crippen LogP contribution in [0.3, 0.4) is 0 Å². The Morgan fingerprint density at radius 3 is 2.31 bits per heavy atom. The first-order valence-corrected chi connectivity index (χ1v) is 15.2. The van der Waals surface area contributed by atoms with E-state index >= 15 is 0 Å². The second-order valence-electron chi connectivity index (χ2n) is 9.03. The van der Waals surface area contributed by atoms with E-state index in [-0.39, 0.29) is 28.5 Å². The summed E-state index contributed by atoms with van der Waals surface area (Å²) >= 11 is 6.28. The zero-order valence-electron chi connectivity index (χ0n) is 22.9. The highest BCUT2D eigenvalue weighted by Gasteiger charge is 2.19. The summed E-state index contributed by atoms with van der Waals surface area (Å²) in [6.07, 6.45) is 3.29. The zero-order valence-corrected chi connectivity index (χ0v) is 24.5. The van der Waals surface area contributed by atoms with Crippen LogP contribution in [-0.2, 0) is 26.1 Å². The first kappa shape index (κ1) is 32.5. The molecule has 1 atom stereocenters. The molecule has 0 aliphatic rings. The van der Waals surface area contributed by atoms with Crippen LogP contribution >= 0.6 is 11.6 Å². The van der Waals surface area contributed by atoms with Gasteiger partial charge in [-0.2, -0.15) is 8.42 Å². The standard InChI is InChI=1S/C29H39ClO8S/c1-5-8-15-36-28-20-23(27(35-7-3)18-21(4)29(31)32)11-13-26(28)37-16-14-22-10-12-25(24(30)19-22)38-39(33,34)17-9-6-2/h10-13,19-20,27H,4-9,14-18H2,1-3H3,(H,31,32). The van der Waals surface area contributed by atoms with Crippen LogP contribution in [0.5, 0.6) is 17.2 Å². The first-order valence-electron chi connectivity index (χ1n) is 13.2. The number of carbonyl (C=O) groups is 1. The van der Waals surface area contributed by atoms with Crippen molar-refractivity contribution in [2.75, 3.05) is 25.6 Å². The molecule has 0 aliphatic carbocycles. The molecule has 0 radical (unpaired) electrons.